The van der Waals surface area contributed by atoms with Crippen molar-refractivity contribution in [3.05, 3.63) is 63.1 Å². The Morgan fingerprint density at radius 1 is 1.11 bits per heavy atom. The van der Waals surface area contributed by atoms with E-state index in [1.54, 1.807) is 0 Å². The molecule has 0 amide bonds. The summed E-state index contributed by atoms with van der Waals surface area (Å²) < 4.78 is 9.21. The number of aromatic hydroxyl groups is 1. The van der Waals surface area contributed by atoms with Crippen molar-refractivity contribution in [2.45, 2.75) is 12.3 Å². The van der Waals surface area contributed by atoms with E-state index in [2.05, 4.69) is 14.5 Å². The van der Waals surface area contributed by atoms with Crippen LogP contribution in [0.3, 0.4) is 0 Å². The third-order valence-electron chi connectivity index (χ3n) is 4.01. The smallest absolute Gasteiger partial charge is 0.343 e. The van der Waals surface area contributed by atoms with Gasteiger partial charge in [-0.25, -0.2) is 9.59 Å². The summed E-state index contributed by atoms with van der Waals surface area (Å²) in [4.78, 5) is 49.3. The van der Waals surface area contributed by atoms with Crippen LogP contribution in [0.5, 0.6) is 5.75 Å². The van der Waals surface area contributed by atoms with Gasteiger partial charge in [0.15, 0.2) is 0 Å². The van der Waals surface area contributed by atoms with Gasteiger partial charge in [-0.3, -0.25) is 9.59 Å². The number of aromatic carboxylic acids is 1. The molecule has 1 aromatic heterocycles. The van der Waals surface area contributed by atoms with Crippen LogP contribution in [0.15, 0.2) is 35.3 Å². The number of pyridine rings is 1. The number of aromatic nitrogens is 1. The van der Waals surface area contributed by atoms with Crippen molar-refractivity contribution in [1.29, 1.82) is 0 Å². The van der Waals surface area contributed by atoms with Crippen molar-refractivity contribution in [2.24, 2.45) is 0 Å². The minimum Gasteiger partial charge on any atom is -0.506 e. The lowest BCUT2D eigenvalue weighted by Crippen LogP contribution is -2.22. The molecule has 0 aliphatic heterocycles. The lowest BCUT2D eigenvalue weighted by molar-refractivity contribution is -0.140. The summed E-state index contributed by atoms with van der Waals surface area (Å²) in [5.74, 6) is -4.28. The molecular formula is C18H17NO8. The molecular weight excluding hydrogens is 358 g/mol. The molecule has 1 heterocycles. The highest BCUT2D eigenvalue weighted by molar-refractivity contribution is 5.92. The van der Waals surface area contributed by atoms with Crippen molar-refractivity contribution >= 4 is 17.9 Å². The molecule has 142 valence electrons. The number of esters is 2. The maximum absolute atomic E-state index is 12.3. The largest absolute Gasteiger partial charge is 0.506 e. The van der Waals surface area contributed by atoms with Gasteiger partial charge in [-0.05, 0) is 17.7 Å². The zero-order valence-corrected chi connectivity index (χ0v) is 14.5. The SMILES string of the molecule is COC(=O)C[C@@H](c1ccc(C(=O)O)cc1)c1c(O)c(C(=O)OC)c[nH]c1=O. The van der Waals surface area contributed by atoms with E-state index in [1.165, 1.54) is 31.4 Å². The molecule has 1 aromatic carbocycles. The number of benzene rings is 1. The molecule has 0 bridgehead atoms. The molecule has 9 heteroatoms. The zero-order chi connectivity index (χ0) is 20.1. The summed E-state index contributed by atoms with van der Waals surface area (Å²) in [6, 6.07) is 5.44. The lowest BCUT2D eigenvalue weighted by atomic mass is 9.87. The number of aromatic amines is 1. The predicted molar refractivity (Wildman–Crippen MR) is 91.9 cm³/mol. The standard InChI is InChI=1S/C18H17NO8/c1-26-13(20)7-11(9-3-5-10(6-4-9)17(23)24)14-15(21)12(18(25)27-2)8-19-16(14)22/h3-6,8,11H,7H2,1-2H3,(H,23,24)(H2,19,21,22)/t11-/m0/s1. The average Bonchev–Trinajstić information content (AvgIpc) is 2.66. The number of rotatable bonds is 6. The van der Waals surface area contributed by atoms with Crippen LogP contribution < -0.4 is 5.56 Å². The maximum Gasteiger partial charge on any atom is 0.343 e. The Bertz CT molecular complexity index is 929. The number of hydrogen-bond donors (Lipinski definition) is 3. The van der Waals surface area contributed by atoms with Gasteiger partial charge in [-0.1, -0.05) is 12.1 Å². The number of ether oxygens (including phenoxy) is 2. The highest BCUT2D eigenvalue weighted by Gasteiger charge is 2.28. The summed E-state index contributed by atoms with van der Waals surface area (Å²) in [7, 11) is 2.28. The van der Waals surface area contributed by atoms with Crippen LogP contribution in [0.25, 0.3) is 0 Å². The topological polar surface area (TPSA) is 143 Å². The third-order valence-corrected chi connectivity index (χ3v) is 4.01. The van der Waals surface area contributed by atoms with E-state index in [-0.39, 0.29) is 23.1 Å². The number of nitrogens with one attached hydrogen (secondary N) is 1. The Balaban J connectivity index is 2.64. The highest BCUT2D eigenvalue weighted by Crippen LogP contribution is 2.33. The van der Waals surface area contributed by atoms with Crippen LogP contribution in [-0.2, 0) is 14.3 Å². The molecule has 0 saturated heterocycles. The molecule has 2 aromatic rings. The fourth-order valence-corrected chi connectivity index (χ4v) is 2.62. The van der Waals surface area contributed by atoms with E-state index in [0.717, 1.165) is 13.3 Å². The average molecular weight is 375 g/mol. The molecule has 3 N–H and O–H groups in total. The second-order valence-electron chi connectivity index (χ2n) is 5.55. The fraction of sp³-hybridized carbons (Fsp3) is 0.222. The highest BCUT2D eigenvalue weighted by atomic mass is 16.5. The maximum atomic E-state index is 12.3. The molecule has 0 saturated carbocycles. The van der Waals surface area contributed by atoms with Gasteiger partial charge in [-0.2, -0.15) is 0 Å². The van der Waals surface area contributed by atoms with Crippen LogP contribution >= 0.6 is 0 Å². The van der Waals surface area contributed by atoms with Crippen molar-refractivity contribution in [3.63, 3.8) is 0 Å². The van der Waals surface area contributed by atoms with Gasteiger partial charge in [0.25, 0.3) is 5.56 Å². The summed E-state index contributed by atoms with van der Waals surface area (Å²) in [5.41, 5.74) is -0.822. The van der Waals surface area contributed by atoms with Gasteiger partial charge in [0.05, 0.1) is 31.8 Å². The van der Waals surface area contributed by atoms with E-state index in [9.17, 15) is 24.3 Å². The second kappa shape index (κ2) is 8.17. The number of carboxylic acid groups (broad SMARTS) is 1. The van der Waals surface area contributed by atoms with Gasteiger partial charge in [-0.15, -0.1) is 0 Å². The molecule has 9 nitrogen and oxygen atoms in total. The normalized spacial score (nSPS) is 11.5. The summed E-state index contributed by atoms with van der Waals surface area (Å²) >= 11 is 0. The zero-order valence-electron chi connectivity index (χ0n) is 14.5. The quantitative estimate of drug-likeness (QED) is 0.640. The Morgan fingerprint density at radius 2 is 1.74 bits per heavy atom. The van der Waals surface area contributed by atoms with Gasteiger partial charge >= 0.3 is 17.9 Å². The van der Waals surface area contributed by atoms with E-state index in [0.29, 0.717) is 5.56 Å². The first kappa shape index (κ1) is 19.7. The molecule has 2 rings (SSSR count). The van der Waals surface area contributed by atoms with Crippen LogP contribution in [0.4, 0.5) is 0 Å². The third kappa shape index (κ3) is 4.14. The molecule has 0 unspecified atom stereocenters. The minimum absolute atomic E-state index is 0.0111. The second-order valence-corrected chi connectivity index (χ2v) is 5.55. The van der Waals surface area contributed by atoms with Crippen molar-refractivity contribution in [3.8, 4) is 5.75 Å². The molecule has 0 aliphatic rings. The Kier molecular flexibility index (Phi) is 5.96. The molecule has 0 aliphatic carbocycles. The summed E-state index contributed by atoms with van der Waals surface area (Å²) in [6.45, 7) is 0. The number of carbonyl (C=O) groups is 3. The number of hydrogen-bond acceptors (Lipinski definition) is 7. The van der Waals surface area contributed by atoms with Crippen molar-refractivity contribution in [1.82, 2.24) is 4.98 Å². The van der Waals surface area contributed by atoms with Gasteiger partial charge in [0, 0.05) is 12.1 Å². The van der Waals surface area contributed by atoms with E-state index in [1.807, 2.05) is 0 Å². The van der Waals surface area contributed by atoms with Crippen LogP contribution in [0, 0.1) is 0 Å². The first-order valence-electron chi connectivity index (χ1n) is 7.73. The molecule has 0 spiro atoms. The predicted octanol–water partition coefficient (Wildman–Crippen LogP) is 1.26. The minimum atomic E-state index is -1.14. The fourth-order valence-electron chi connectivity index (χ4n) is 2.62. The first-order valence-corrected chi connectivity index (χ1v) is 7.73. The Hall–Kier alpha value is -3.62. The van der Waals surface area contributed by atoms with Crippen molar-refractivity contribution < 1.29 is 34.1 Å². The Labute approximate surface area is 153 Å². The van der Waals surface area contributed by atoms with Gasteiger partial charge in [0.1, 0.15) is 11.3 Å². The van der Waals surface area contributed by atoms with Crippen LogP contribution in [0.2, 0.25) is 0 Å². The summed E-state index contributed by atoms with van der Waals surface area (Å²) in [5, 5.41) is 19.5. The number of methoxy groups -OCH3 is 2. The number of carboxylic acids is 1. The van der Waals surface area contributed by atoms with Gasteiger partial charge in [0.2, 0.25) is 0 Å². The van der Waals surface area contributed by atoms with Gasteiger partial charge < -0.3 is 24.7 Å². The van der Waals surface area contributed by atoms with E-state index < -0.39 is 35.1 Å². The van der Waals surface area contributed by atoms with Crippen molar-refractivity contribution in [2.75, 3.05) is 14.2 Å². The van der Waals surface area contributed by atoms with Crippen LogP contribution in [-0.4, -0.2) is 47.3 Å². The number of carbonyl (C=O) groups excluding carboxylic acids is 2. The summed E-state index contributed by atoms with van der Waals surface area (Å²) in [6.07, 6.45) is 0.694. The first-order chi connectivity index (χ1) is 12.8. The van der Waals surface area contributed by atoms with Crippen LogP contribution in [0.1, 0.15) is 44.2 Å². The monoisotopic (exact) mass is 375 g/mol. The molecule has 1 atom stereocenters. The van der Waals surface area contributed by atoms with E-state index >= 15 is 0 Å². The lowest BCUT2D eigenvalue weighted by Gasteiger charge is -2.18. The number of H-pyrrole nitrogens is 1. The van der Waals surface area contributed by atoms with E-state index in [4.69, 9.17) is 5.11 Å². The molecule has 0 fully saturated rings. The Morgan fingerprint density at radius 3 is 2.26 bits per heavy atom. The molecule has 27 heavy (non-hydrogen) atoms. The molecule has 0 radical (unpaired) electrons.